The Morgan fingerprint density at radius 1 is 1.18 bits per heavy atom. The maximum absolute atomic E-state index is 12.5. The molecule has 17 heavy (non-hydrogen) atoms. The first-order valence-electron chi connectivity index (χ1n) is 6.63. The van der Waals surface area contributed by atoms with E-state index < -0.39 is 0 Å². The minimum Gasteiger partial charge on any atom is -0.329 e. The molecule has 1 saturated carbocycles. The van der Waals surface area contributed by atoms with Gasteiger partial charge in [0.2, 0.25) is 11.8 Å². The Hall–Kier alpha value is -1.06. The molecule has 3 aliphatic rings. The molecule has 0 spiro atoms. The Balaban J connectivity index is 1.86. The van der Waals surface area contributed by atoms with Crippen LogP contribution in [0.4, 0.5) is 0 Å². The summed E-state index contributed by atoms with van der Waals surface area (Å²) in [7, 11) is 0. The molecule has 94 valence electrons. The molecule has 0 N–H and O–H groups in total. The largest absolute Gasteiger partial charge is 0.329 e. The Labute approximate surface area is 102 Å². The van der Waals surface area contributed by atoms with Crippen LogP contribution in [0.1, 0.15) is 39.5 Å². The van der Waals surface area contributed by atoms with E-state index in [1.807, 2.05) is 4.90 Å². The van der Waals surface area contributed by atoms with Crippen molar-refractivity contribution in [1.82, 2.24) is 9.80 Å². The second kappa shape index (κ2) is 3.47. The molecule has 4 heteroatoms. The van der Waals surface area contributed by atoms with Gasteiger partial charge >= 0.3 is 0 Å². The van der Waals surface area contributed by atoms with Crippen molar-refractivity contribution in [3.63, 3.8) is 0 Å². The van der Waals surface area contributed by atoms with Crippen molar-refractivity contribution in [2.75, 3.05) is 13.1 Å². The van der Waals surface area contributed by atoms with Crippen LogP contribution < -0.4 is 0 Å². The predicted octanol–water partition coefficient (Wildman–Crippen LogP) is 1.01. The van der Waals surface area contributed by atoms with Gasteiger partial charge in [-0.2, -0.15) is 0 Å². The molecule has 0 aromatic carbocycles. The average molecular weight is 236 g/mol. The molecule has 2 saturated heterocycles. The van der Waals surface area contributed by atoms with Gasteiger partial charge in [0, 0.05) is 12.1 Å². The smallest absolute Gasteiger partial charge is 0.246 e. The van der Waals surface area contributed by atoms with Gasteiger partial charge in [-0.3, -0.25) is 9.59 Å². The van der Waals surface area contributed by atoms with Crippen LogP contribution in [0, 0.1) is 5.92 Å². The number of nitrogens with zero attached hydrogens (tertiary/aromatic N) is 2. The third kappa shape index (κ3) is 1.57. The first-order valence-corrected chi connectivity index (χ1v) is 6.63. The first-order chi connectivity index (χ1) is 8.01. The van der Waals surface area contributed by atoms with E-state index >= 15 is 0 Å². The minimum atomic E-state index is -0.158. The number of rotatable bonds is 2. The van der Waals surface area contributed by atoms with E-state index in [4.69, 9.17) is 0 Å². The molecule has 2 aliphatic heterocycles. The molecule has 0 aromatic rings. The quantitative estimate of drug-likeness (QED) is 0.718. The van der Waals surface area contributed by atoms with Gasteiger partial charge in [0.25, 0.3) is 0 Å². The lowest BCUT2D eigenvalue weighted by atomic mass is 9.93. The number of hydrogen-bond acceptors (Lipinski definition) is 2. The molecule has 2 heterocycles. The van der Waals surface area contributed by atoms with Crippen molar-refractivity contribution in [2.45, 2.75) is 51.1 Å². The van der Waals surface area contributed by atoms with Crippen molar-refractivity contribution < 1.29 is 9.59 Å². The lowest BCUT2D eigenvalue weighted by Gasteiger charge is -2.45. The summed E-state index contributed by atoms with van der Waals surface area (Å²) in [5.41, 5.74) is -0.137. The molecule has 0 bridgehead atoms. The van der Waals surface area contributed by atoms with Gasteiger partial charge in [-0.25, -0.2) is 0 Å². The van der Waals surface area contributed by atoms with Gasteiger partial charge in [-0.15, -0.1) is 0 Å². The van der Waals surface area contributed by atoms with Crippen molar-refractivity contribution in [3.8, 4) is 0 Å². The molecule has 3 fully saturated rings. The number of amides is 2. The monoisotopic (exact) mass is 236 g/mol. The SMILES string of the molecule is CC(C)(C1CC1)N1CC(=O)N2CCCC2C1=O. The maximum Gasteiger partial charge on any atom is 0.246 e. The Morgan fingerprint density at radius 3 is 2.53 bits per heavy atom. The van der Waals surface area contributed by atoms with Gasteiger partial charge in [-0.05, 0) is 45.4 Å². The molecule has 3 rings (SSSR count). The Kier molecular flexibility index (Phi) is 2.25. The number of carbonyl (C=O) groups excluding carboxylic acids is 2. The molecule has 2 amide bonds. The summed E-state index contributed by atoms with van der Waals surface area (Å²) < 4.78 is 0. The summed E-state index contributed by atoms with van der Waals surface area (Å²) in [4.78, 5) is 28.1. The molecule has 4 nitrogen and oxygen atoms in total. The van der Waals surface area contributed by atoms with Crippen LogP contribution in [0.15, 0.2) is 0 Å². The van der Waals surface area contributed by atoms with Gasteiger partial charge in [0.15, 0.2) is 0 Å². The predicted molar refractivity (Wildman–Crippen MR) is 63.3 cm³/mol. The summed E-state index contributed by atoms with van der Waals surface area (Å²) in [6.07, 6.45) is 4.21. The van der Waals surface area contributed by atoms with E-state index in [2.05, 4.69) is 13.8 Å². The van der Waals surface area contributed by atoms with Gasteiger partial charge in [-0.1, -0.05) is 0 Å². The zero-order valence-electron chi connectivity index (χ0n) is 10.6. The van der Waals surface area contributed by atoms with Crippen LogP contribution in [0.25, 0.3) is 0 Å². The van der Waals surface area contributed by atoms with E-state index in [1.54, 1.807) is 4.90 Å². The molecular weight excluding hydrogens is 216 g/mol. The normalized spacial score (nSPS) is 29.9. The molecular formula is C13H20N2O2. The lowest BCUT2D eigenvalue weighted by molar-refractivity contribution is -0.159. The van der Waals surface area contributed by atoms with Crippen molar-refractivity contribution in [1.29, 1.82) is 0 Å². The van der Waals surface area contributed by atoms with Gasteiger partial charge in [0.05, 0.1) is 0 Å². The second-order valence-electron chi connectivity index (χ2n) is 6.10. The number of hydrogen-bond donors (Lipinski definition) is 0. The fourth-order valence-corrected chi connectivity index (χ4v) is 3.30. The van der Waals surface area contributed by atoms with Crippen LogP contribution in [0.3, 0.4) is 0 Å². The molecule has 1 unspecified atom stereocenters. The van der Waals surface area contributed by atoms with Crippen LogP contribution in [0.5, 0.6) is 0 Å². The fraction of sp³-hybridized carbons (Fsp3) is 0.846. The fourth-order valence-electron chi connectivity index (χ4n) is 3.30. The van der Waals surface area contributed by atoms with E-state index in [1.165, 1.54) is 12.8 Å². The van der Waals surface area contributed by atoms with E-state index in [-0.39, 0.29) is 23.4 Å². The van der Waals surface area contributed by atoms with Crippen molar-refractivity contribution >= 4 is 11.8 Å². The van der Waals surface area contributed by atoms with Crippen LogP contribution in [-0.2, 0) is 9.59 Å². The highest BCUT2D eigenvalue weighted by molar-refractivity contribution is 5.95. The second-order valence-corrected chi connectivity index (χ2v) is 6.10. The van der Waals surface area contributed by atoms with Crippen LogP contribution in [-0.4, -0.2) is 46.3 Å². The third-order valence-corrected chi connectivity index (χ3v) is 4.69. The zero-order chi connectivity index (χ0) is 12.2. The summed E-state index contributed by atoms with van der Waals surface area (Å²) in [6, 6.07) is -0.158. The van der Waals surface area contributed by atoms with Gasteiger partial charge in [0.1, 0.15) is 12.6 Å². The Morgan fingerprint density at radius 2 is 1.88 bits per heavy atom. The number of piperazine rings is 1. The standard InChI is InChI=1S/C13H20N2O2/c1-13(2,9-5-6-9)15-8-11(16)14-7-3-4-10(14)12(15)17/h9-10H,3-8H2,1-2H3. The number of carbonyl (C=O) groups is 2. The first kappa shape index (κ1) is 11.1. The highest BCUT2D eigenvalue weighted by Gasteiger charge is 2.50. The Bertz CT molecular complexity index is 374. The van der Waals surface area contributed by atoms with E-state index in [9.17, 15) is 9.59 Å². The van der Waals surface area contributed by atoms with E-state index in [0.717, 1.165) is 19.4 Å². The van der Waals surface area contributed by atoms with Crippen LogP contribution in [0.2, 0.25) is 0 Å². The van der Waals surface area contributed by atoms with Gasteiger partial charge < -0.3 is 9.80 Å². The summed E-state index contributed by atoms with van der Waals surface area (Å²) in [5.74, 6) is 0.909. The third-order valence-electron chi connectivity index (χ3n) is 4.69. The maximum atomic E-state index is 12.5. The minimum absolute atomic E-state index is 0.137. The summed E-state index contributed by atoms with van der Waals surface area (Å²) in [6.45, 7) is 5.28. The molecule has 0 radical (unpaired) electrons. The highest BCUT2D eigenvalue weighted by atomic mass is 16.2. The molecule has 0 aromatic heterocycles. The average Bonchev–Trinajstić information content (AvgIpc) is 3.01. The zero-order valence-corrected chi connectivity index (χ0v) is 10.6. The molecule has 1 atom stereocenters. The molecule has 1 aliphatic carbocycles. The lowest BCUT2D eigenvalue weighted by Crippen LogP contribution is -2.63. The summed E-state index contributed by atoms with van der Waals surface area (Å²) >= 11 is 0. The van der Waals surface area contributed by atoms with Crippen molar-refractivity contribution in [2.24, 2.45) is 5.92 Å². The van der Waals surface area contributed by atoms with Crippen molar-refractivity contribution in [3.05, 3.63) is 0 Å². The highest BCUT2D eigenvalue weighted by Crippen LogP contribution is 2.44. The van der Waals surface area contributed by atoms with E-state index in [0.29, 0.717) is 12.5 Å². The summed E-state index contributed by atoms with van der Waals surface area (Å²) in [5, 5.41) is 0. The van der Waals surface area contributed by atoms with Crippen LogP contribution >= 0.6 is 0 Å². The number of fused-ring (bicyclic) bond motifs is 1. The topological polar surface area (TPSA) is 40.6 Å².